The number of halogens is 1. The summed E-state index contributed by atoms with van der Waals surface area (Å²) in [6.45, 7) is 0.838. The third-order valence-corrected chi connectivity index (χ3v) is 6.41. The molecule has 0 bridgehead atoms. The maximum atomic E-state index is 12.5. The molecule has 2 N–H and O–H groups in total. The minimum Gasteiger partial charge on any atom is -0.377 e. The Kier molecular flexibility index (Phi) is 7.66. The molecule has 2 aromatic rings. The summed E-state index contributed by atoms with van der Waals surface area (Å²) in [6.07, 6.45) is 2.08. The molecule has 0 spiro atoms. The molecule has 2 atom stereocenters. The van der Waals surface area contributed by atoms with Crippen molar-refractivity contribution in [1.29, 1.82) is 0 Å². The molecule has 1 heterocycles. The van der Waals surface area contributed by atoms with Gasteiger partial charge in [0.2, 0.25) is 15.9 Å². The summed E-state index contributed by atoms with van der Waals surface area (Å²) in [5.74, 6) is -1.20. The Morgan fingerprint density at radius 1 is 1.14 bits per heavy atom. The normalized spacial score (nSPS) is 17.8. The molecular formula is C21H25ClN2O4S. The van der Waals surface area contributed by atoms with E-state index in [0.29, 0.717) is 18.1 Å². The van der Waals surface area contributed by atoms with Crippen molar-refractivity contribution >= 4 is 27.5 Å². The Morgan fingerprint density at radius 2 is 1.86 bits per heavy atom. The Hall–Kier alpha value is -1.93. The van der Waals surface area contributed by atoms with Crippen LogP contribution in [0.25, 0.3) is 0 Å². The highest BCUT2D eigenvalue weighted by atomic mass is 35.5. The van der Waals surface area contributed by atoms with Gasteiger partial charge in [-0.3, -0.25) is 4.79 Å². The highest BCUT2D eigenvalue weighted by Gasteiger charge is 2.23. The molecule has 29 heavy (non-hydrogen) atoms. The standard InChI is InChI=1S/C21H25ClN2O4S/c22-19-11-5-4-9-17(19)13-20(16-7-2-1-3-8-16)24-21(25)15-29(26,27)23-14-18-10-6-12-28-18/h1-5,7-9,11,18,20,23H,6,10,12-15H2,(H,24,25). The molecule has 156 valence electrons. The Morgan fingerprint density at radius 3 is 2.55 bits per heavy atom. The van der Waals surface area contributed by atoms with Crippen LogP contribution in [-0.4, -0.2) is 39.3 Å². The molecule has 0 radical (unpaired) electrons. The molecule has 0 aromatic heterocycles. The van der Waals surface area contributed by atoms with E-state index >= 15 is 0 Å². The number of benzene rings is 2. The second kappa shape index (κ2) is 10.2. The largest absolute Gasteiger partial charge is 0.377 e. The average molecular weight is 437 g/mol. The summed E-state index contributed by atoms with van der Waals surface area (Å²) < 4.78 is 32.4. The highest BCUT2D eigenvalue weighted by molar-refractivity contribution is 7.90. The molecule has 0 aliphatic carbocycles. The van der Waals surface area contributed by atoms with Gasteiger partial charge in [0, 0.05) is 18.2 Å². The lowest BCUT2D eigenvalue weighted by Crippen LogP contribution is -2.40. The molecule has 1 aliphatic heterocycles. The van der Waals surface area contributed by atoms with Crippen LogP contribution < -0.4 is 10.0 Å². The number of hydrogen-bond donors (Lipinski definition) is 2. The van der Waals surface area contributed by atoms with Gasteiger partial charge < -0.3 is 10.1 Å². The van der Waals surface area contributed by atoms with Gasteiger partial charge in [0.15, 0.2) is 0 Å². The molecule has 2 unspecified atom stereocenters. The van der Waals surface area contributed by atoms with Crippen molar-refractivity contribution in [3.05, 3.63) is 70.7 Å². The quantitative estimate of drug-likeness (QED) is 0.633. The van der Waals surface area contributed by atoms with Crippen LogP contribution in [-0.2, 0) is 26.0 Å². The SMILES string of the molecule is O=C(CS(=O)(=O)NCC1CCCO1)NC(Cc1ccccc1Cl)c1ccccc1. The van der Waals surface area contributed by atoms with Gasteiger partial charge in [-0.05, 0) is 36.5 Å². The number of carbonyl (C=O) groups is 1. The lowest BCUT2D eigenvalue weighted by atomic mass is 9.99. The van der Waals surface area contributed by atoms with E-state index in [0.717, 1.165) is 24.0 Å². The molecule has 6 nitrogen and oxygen atoms in total. The minimum absolute atomic E-state index is 0.120. The predicted molar refractivity (Wildman–Crippen MR) is 113 cm³/mol. The third-order valence-electron chi connectivity index (χ3n) is 4.80. The Bertz CT molecular complexity index is 915. The fraction of sp³-hybridized carbons (Fsp3) is 0.381. The van der Waals surface area contributed by atoms with Gasteiger partial charge in [0.05, 0.1) is 12.1 Å². The van der Waals surface area contributed by atoms with Crippen LogP contribution in [0.15, 0.2) is 54.6 Å². The Balaban J connectivity index is 1.65. The zero-order chi connectivity index (χ0) is 20.7. The maximum absolute atomic E-state index is 12.5. The summed E-state index contributed by atoms with van der Waals surface area (Å²) in [5, 5.41) is 3.45. The van der Waals surface area contributed by atoms with E-state index in [1.165, 1.54) is 0 Å². The Labute approximate surface area is 176 Å². The monoisotopic (exact) mass is 436 g/mol. The van der Waals surface area contributed by atoms with Crippen LogP contribution in [0.3, 0.4) is 0 Å². The van der Waals surface area contributed by atoms with Crippen LogP contribution in [0.2, 0.25) is 5.02 Å². The van der Waals surface area contributed by atoms with Gasteiger partial charge in [0.1, 0.15) is 5.75 Å². The van der Waals surface area contributed by atoms with Crippen molar-refractivity contribution in [3.63, 3.8) is 0 Å². The van der Waals surface area contributed by atoms with Gasteiger partial charge in [-0.15, -0.1) is 0 Å². The average Bonchev–Trinajstić information content (AvgIpc) is 3.22. The van der Waals surface area contributed by atoms with Crippen molar-refractivity contribution in [1.82, 2.24) is 10.0 Å². The van der Waals surface area contributed by atoms with Crippen LogP contribution in [0.1, 0.15) is 30.0 Å². The number of hydrogen-bond acceptors (Lipinski definition) is 4. The minimum atomic E-state index is -3.75. The summed E-state index contributed by atoms with van der Waals surface area (Å²) in [5.41, 5.74) is 1.76. The summed E-state index contributed by atoms with van der Waals surface area (Å²) in [7, 11) is -3.75. The van der Waals surface area contributed by atoms with Gasteiger partial charge >= 0.3 is 0 Å². The summed E-state index contributed by atoms with van der Waals surface area (Å²) in [4.78, 5) is 12.5. The molecule has 8 heteroatoms. The van der Waals surface area contributed by atoms with E-state index < -0.39 is 27.7 Å². The van der Waals surface area contributed by atoms with Crippen LogP contribution in [0.5, 0.6) is 0 Å². The smallest absolute Gasteiger partial charge is 0.237 e. The van der Waals surface area contributed by atoms with Gasteiger partial charge in [-0.1, -0.05) is 60.1 Å². The summed E-state index contributed by atoms with van der Waals surface area (Å²) >= 11 is 6.27. The third kappa shape index (κ3) is 6.82. The molecule has 0 saturated carbocycles. The van der Waals surface area contributed by atoms with Crippen LogP contribution >= 0.6 is 11.6 Å². The van der Waals surface area contributed by atoms with E-state index in [-0.39, 0.29) is 12.6 Å². The second-order valence-corrected chi connectivity index (χ2v) is 9.28. The first kappa shape index (κ1) is 21.8. The van der Waals surface area contributed by atoms with Crippen molar-refractivity contribution in [2.24, 2.45) is 0 Å². The van der Waals surface area contributed by atoms with Crippen molar-refractivity contribution in [3.8, 4) is 0 Å². The highest BCUT2D eigenvalue weighted by Crippen LogP contribution is 2.23. The van der Waals surface area contributed by atoms with Gasteiger partial charge in [-0.2, -0.15) is 0 Å². The number of rotatable bonds is 9. The van der Waals surface area contributed by atoms with Gasteiger partial charge in [-0.25, -0.2) is 13.1 Å². The number of nitrogens with one attached hydrogen (secondary N) is 2. The molecule has 1 amide bonds. The van der Waals surface area contributed by atoms with E-state index in [4.69, 9.17) is 16.3 Å². The molecule has 1 saturated heterocycles. The topological polar surface area (TPSA) is 84.5 Å². The van der Waals surface area contributed by atoms with E-state index in [9.17, 15) is 13.2 Å². The van der Waals surface area contributed by atoms with E-state index in [1.807, 2.05) is 48.5 Å². The lowest BCUT2D eigenvalue weighted by molar-refractivity contribution is -0.119. The van der Waals surface area contributed by atoms with E-state index in [2.05, 4.69) is 10.0 Å². The molecule has 2 aromatic carbocycles. The second-order valence-electron chi connectivity index (χ2n) is 7.07. The van der Waals surface area contributed by atoms with Gasteiger partial charge in [0.25, 0.3) is 0 Å². The zero-order valence-corrected chi connectivity index (χ0v) is 17.6. The summed E-state index contributed by atoms with van der Waals surface area (Å²) in [6, 6.07) is 16.4. The predicted octanol–water partition coefficient (Wildman–Crippen LogP) is 2.84. The van der Waals surface area contributed by atoms with Crippen molar-refractivity contribution in [2.45, 2.75) is 31.4 Å². The van der Waals surface area contributed by atoms with Crippen molar-refractivity contribution < 1.29 is 17.9 Å². The molecular weight excluding hydrogens is 412 g/mol. The van der Waals surface area contributed by atoms with E-state index in [1.54, 1.807) is 6.07 Å². The number of amides is 1. The molecule has 3 rings (SSSR count). The fourth-order valence-electron chi connectivity index (χ4n) is 3.31. The number of sulfonamides is 1. The number of ether oxygens (including phenoxy) is 1. The zero-order valence-electron chi connectivity index (χ0n) is 16.0. The number of carbonyl (C=O) groups excluding carboxylic acids is 1. The van der Waals surface area contributed by atoms with Crippen LogP contribution in [0, 0.1) is 0 Å². The van der Waals surface area contributed by atoms with Crippen molar-refractivity contribution in [2.75, 3.05) is 18.9 Å². The molecule has 1 fully saturated rings. The first-order valence-electron chi connectivity index (χ1n) is 9.59. The molecule has 1 aliphatic rings. The maximum Gasteiger partial charge on any atom is 0.237 e. The first-order chi connectivity index (χ1) is 13.9. The lowest BCUT2D eigenvalue weighted by Gasteiger charge is -2.20. The fourth-order valence-corrected chi connectivity index (χ4v) is 4.49. The first-order valence-corrected chi connectivity index (χ1v) is 11.6. The van der Waals surface area contributed by atoms with Crippen LogP contribution in [0.4, 0.5) is 0 Å².